The average Bonchev–Trinajstić information content (AvgIpc) is 3.03. The Bertz CT molecular complexity index is 1570. The van der Waals surface area contributed by atoms with Gasteiger partial charge in [0.1, 0.15) is 11.6 Å². The lowest BCUT2D eigenvalue weighted by Crippen LogP contribution is -2.46. The molecule has 2 unspecified atom stereocenters. The predicted octanol–water partition coefficient (Wildman–Crippen LogP) is 4.25. The zero-order valence-electron chi connectivity index (χ0n) is 25.5. The molecule has 2 atom stereocenters. The zero-order chi connectivity index (χ0) is 29.9. The SMILES string of the molecule is COc1ccc(-c2ccc3c(N4CCOCC4)nc(N4CC(C)OC(C)C4)nc3n2)cc1N(C)Cc1cccc(CN)c1. The smallest absolute Gasteiger partial charge is 0.229 e. The predicted molar refractivity (Wildman–Crippen MR) is 171 cm³/mol. The number of aromatic nitrogens is 3. The van der Waals surface area contributed by atoms with Gasteiger partial charge in [0.15, 0.2) is 5.65 Å². The van der Waals surface area contributed by atoms with Crippen molar-refractivity contribution in [3.05, 3.63) is 65.7 Å². The molecule has 2 aliphatic rings. The summed E-state index contributed by atoms with van der Waals surface area (Å²) in [5.74, 6) is 2.40. The molecule has 2 aromatic carbocycles. The van der Waals surface area contributed by atoms with Crippen molar-refractivity contribution in [2.75, 3.05) is 68.2 Å². The Morgan fingerprint density at radius 1 is 0.930 bits per heavy atom. The molecule has 4 heterocycles. The van der Waals surface area contributed by atoms with Crippen LogP contribution in [-0.2, 0) is 22.6 Å². The van der Waals surface area contributed by atoms with Gasteiger partial charge in [-0.2, -0.15) is 9.97 Å². The van der Waals surface area contributed by atoms with Crippen LogP contribution in [-0.4, -0.2) is 80.7 Å². The van der Waals surface area contributed by atoms with E-state index < -0.39 is 0 Å². The highest BCUT2D eigenvalue weighted by Gasteiger charge is 2.27. The first-order chi connectivity index (χ1) is 20.9. The molecule has 0 radical (unpaired) electrons. The molecule has 6 rings (SSSR count). The largest absolute Gasteiger partial charge is 0.495 e. The number of morpholine rings is 2. The van der Waals surface area contributed by atoms with Crippen LogP contribution in [0, 0.1) is 0 Å². The van der Waals surface area contributed by atoms with Crippen molar-refractivity contribution in [3.63, 3.8) is 0 Å². The summed E-state index contributed by atoms with van der Waals surface area (Å²) in [7, 11) is 3.78. The van der Waals surface area contributed by atoms with Crippen LogP contribution < -0.4 is 25.2 Å². The number of ether oxygens (including phenoxy) is 3. The van der Waals surface area contributed by atoms with Gasteiger partial charge in [-0.05, 0) is 55.3 Å². The van der Waals surface area contributed by atoms with Gasteiger partial charge in [0.2, 0.25) is 5.95 Å². The molecule has 226 valence electrons. The Morgan fingerprint density at radius 3 is 2.44 bits per heavy atom. The lowest BCUT2D eigenvalue weighted by Gasteiger charge is -2.36. The quantitative estimate of drug-likeness (QED) is 0.324. The number of nitrogens with two attached hydrogens (primary N) is 1. The molecule has 2 fully saturated rings. The number of hydrogen-bond acceptors (Lipinski definition) is 10. The molecule has 43 heavy (non-hydrogen) atoms. The first-order valence-electron chi connectivity index (χ1n) is 15.0. The molecule has 2 N–H and O–H groups in total. The third-order valence-electron chi connectivity index (χ3n) is 8.07. The number of benzene rings is 2. The van der Waals surface area contributed by atoms with Crippen LogP contribution >= 0.6 is 0 Å². The molecular formula is C33H41N7O3. The Kier molecular flexibility index (Phi) is 8.60. The highest BCUT2D eigenvalue weighted by atomic mass is 16.5. The minimum absolute atomic E-state index is 0.0988. The Morgan fingerprint density at radius 2 is 1.70 bits per heavy atom. The summed E-state index contributed by atoms with van der Waals surface area (Å²) < 4.78 is 17.4. The van der Waals surface area contributed by atoms with Crippen LogP contribution in [0.25, 0.3) is 22.3 Å². The molecule has 2 aromatic heterocycles. The number of nitrogens with zero attached hydrogens (tertiary/aromatic N) is 6. The maximum Gasteiger partial charge on any atom is 0.229 e. The first-order valence-corrected chi connectivity index (χ1v) is 15.0. The van der Waals surface area contributed by atoms with Gasteiger partial charge in [-0.25, -0.2) is 4.98 Å². The van der Waals surface area contributed by atoms with Crippen molar-refractivity contribution in [1.82, 2.24) is 15.0 Å². The second kappa shape index (κ2) is 12.7. The normalized spacial score (nSPS) is 19.1. The molecule has 0 aliphatic carbocycles. The number of hydrogen-bond donors (Lipinski definition) is 1. The van der Waals surface area contributed by atoms with E-state index in [4.69, 9.17) is 34.9 Å². The third kappa shape index (κ3) is 6.36. The summed E-state index contributed by atoms with van der Waals surface area (Å²) in [5.41, 5.74) is 11.7. The van der Waals surface area contributed by atoms with Crippen molar-refractivity contribution in [2.24, 2.45) is 5.73 Å². The monoisotopic (exact) mass is 583 g/mol. The molecule has 0 spiro atoms. The van der Waals surface area contributed by atoms with Gasteiger partial charge in [0, 0.05) is 51.9 Å². The van der Waals surface area contributed by atoms with Gasteiger partial charge >= 0.3 is 0 Å². The number of anilines is 3. The van der Waals surface area contributed by atoms with E-state index in [1.165, 1.54) is 5.56 Å². The highest BCUT2D eigenvalue weighted by Crippen LogP contribution is 2.35. The van der Waals surface area contributed by atoms with Crippen LogP contribution in [0.5, 0.6) is 5.75 Å². The molecule has 4 aromatic rings. The number of pyridine rings is 1. The molecule has 10 nitrogen and oxygen atoms in total. The van der Waals surface area contributed by atoms with E-state index in [1.807, 2.05) is 6.07 Å². The van der Waals surface area contributed by atoms with E-state index >= 15 is 0 Å². The maximum absolute atomic E-state index is 5.99. The summed E-state index contributed by atoms with van der Waals surface area (Å²) in [6.45, 7) is 9.82. The zero-order valence-corrected chi connectivity index (χ0v) is 25.5. The minimum Gasteiger partial charge on any atom is -0.495 e. The van der Waals surface area contributed by atoms with E-state index in [1.54, 1.807) is 7.11 Å². The molecule has 2 saturated heterocycles. The van der Waals surface area contributed by atoms with Crippen molar-refractivity contribution >= 4 is 28.5 Å². The average molecular weight is 584 g/mol. The van der Waals surface area contributed by atoms with Crippen LogP contribution in [0.15, 0.2) is 54.6 Å². The minimum atomic E-state index is 0.0988. The third-order valence-corrected chi connectivity index (χ3v) is 8.07. The Labute approximate surface area is 253 Å². The van der Waals surface area contributed by atoms with Gasteiger partial charge < -0.3 is 34.6 Å². The second-order valence-electron chi connectivity index (χ2n) is 11.4. The Balaban J connectivity index is 1.38. The number of fused-ring (bicyclic) bond motifs is 1. The lowest BCUT2D eigenvalue weighted by atomic mass is 10.1. The summed E-state index contributed by atoms with van der Waals surface area (Å²) in [4.78, 5) is 21.9. The van der Waals surface area contributed by atoms with Crippen molar-refractivity contribution in [2.45, 2.75) is 39.1 Å². The van der Waals surface area contributed by atoms with Crippen molar-refractivity contribution in [3.8, 4) is 17.0 Å². The molecule has 0 saturated carbocycles. The molecule has 10 heteroatoms. The summed E-state index contributed by atoms with van der Waals surface area (Å²) in [6.07, 6.45) is 0.198. The van der Waals surface area contributed by atoms with E-state index in [9.17, 15) is 0 Å². The van der Waals surface area contributed by atoms with Gasteiger partial charge in [-0.15, -0.1) is 0 Å². The van der Waals surface area contributed by atoms with Crippen molar-refractivity contribution < 1.29 is 14.2 Å². The van der Waals surface area contributed by atoms with E-state index in [2.05, 4.69) is 84.1 Å². The number of methoxy groups -OCH3 is 1. The Hall–Kier alpha value is -3.99. The van der Waals surface area contributed by atoms with Crippen molar-refractivity contribution in [1.29, 1.82) is 0 Å². The van der Waals surface area contributed by atoms with Crippen LogP contribution in [0.1, 0.15) is 25.0 Å². The van der Waals surface area contributed by atoms with Gasteiger partial charge in [0.05, 0.1) is 49.3 Å². The topological polar surface area (TPSA) is 102 Å². The fourth-order valence-electron chi connectivity index (χ4n) is 6.00. The molecule has 0 bridgehead atoms. The number of rotatable bonds is 8. The lowest BCUT2D eigenvalue weighted by molar-refractivity contribution is -0.00570. The first kappa shape index (κ1) is 29.1. The highest BCUT2D eigenvalue weighted by molar-refractivity contribution is 5.90. The second-order valence-corrected chi connectivity index (χ2v) is 11.4. The standard InChI is InChI=1S/C33H41N7O3/c1-22-19-40(20-23(2)43-22)33-36-31-27(32(37-33)39-12-14-42-15-13-39)9-10-28(35-31)26-8-11-30(41-4)29(17-26)38(3)21-25-7-5-6-24(16-25)18-34/h5-11,16-17,22-23H,12-15,18-21,34H2,1-4H3. The van der Waals surface area contributed by atoms with E-state index in [-0.39, 0.29) is 12.2 Å². The van der Waals surface area contributed by atoms with E-state index in [0.717, 1.165) is 65.6 Å². The van der Waals surface area contributed by atoms with Crippen LogP contribution in [0.4, 0.5) is 17.5 Å². The fourth-order valence-corrected chi connectivity index (χ4v) is 6.00. The van der Waals surface area contributed by atoms with E-state index in [0.29, 0.717) is 37.9 Å². The maximum atomic E-state index is 5.99. The van der Waals surface area contributed by atoms with Gasteiger partial charge in [-0.1, -0.05) is 24.3 Å². The summed E-state index contributed by atoms with van der Waals surface area (Å²) >= 11 is 0. The molecule has 2 aliphatic heterocycles. The molecular weight excluding hydrogens is 542 g/mol. The van der Waals surface area contributed by atoms with Crippen LogP contribution in [0.2, 0.25) is 0 Å². The van der Waals surface area contributed by atoms with Crippen LogP contribution in [0.3, 0.4) is 0 Å². The van der Waals surface area contributed by atoms with Gasteiger partial charge in [0.25, 0.3) is 0 Å². The molecule has 0 amide bonds. The summed E-state index contributed by atoms with van der Waals surface area (Å²) in [5, 5.41) is 0.939. The summed E-state index contributed by atoms with van der Waals surface area (Å²) in [6, 6.07) is 18.7. The van der Waals surface area contributed by atoms with Gasteiger partial charge in [-0.3, -0.25) is 0 Å². The fraction of sp³-hybridized carbons (Fsp3) is 0.424.